The maximum Gasteiger partial charge on any atom is 0.164 e. The third-order valence-electron chi connectivity index (χ3n) is 4.64. The minimum Gasteiger partial charge on any atom is -0.387 e. The minimum absolute atomic E-state index is 0.112. The van der Waals surface area contributed by atoms with Gasteiger partial charge in [0.05, 0.1) is 5.39 Å². The minimum atomic E-state index is -1.10. The second kappa shape index (κ2) is 6.98. The van der Waals surface area contributed by atoms with Gasteiger partial charge in [-0.3, -0.25) is 0 Å². The summed E-state index contributed by atoms with van der Waals surface area (Å²) in [5.41, 5.74) is 7.71. The summed E-state index contributed by atoms with van der Waals surface area (Å²) in [5, 5.41) is 24.4. The Hall–Kier alpha value is -2.96. The lowest BCUT2D eigenvalue weighted by atomic mass is 10.1. The van der Waals surface area contributed by atoms with Gasteiger partial charge in [-0.25, -0.2) is 9.97 Å². The van der Waals surface area contributed by atoms with Crippen molar-refractivity contribution >= 4 is 22.5 Å². The Morgan fingerprint density at radius 2 is 2.11 bits per heavy atom. The molecule has 4 atom stereocenters. The van der Waals surface area contributed by atoms with Crippen molar-refractivity contribution in [3.8, 4) is 12.3 Å². The lowest BCUT2D eigenvalue weighted by Gasteiger charge is -2.17. The van der Waals surface area contributed by atoms with E-state index in [0.717, 1.165) is 16.6 Å². The van der Waals surface area contributed by atoms with Crippen molar-refractivity contribution in [2.45, 2.75) is 24.5 Å². The molecule has 138 valence electrons. The molecule has 4 rings (SSSR count). The zero-order valence-corrected chi connectivity index (χ0v) is 14.4. The van der Waals surface area contributed by atoms with E-state index in [2.05, 4.69) is 21.2 Å². The predicted octanol–water partition coefficient (Wildman–Crippen LogP) is 0.734. The first kappa shape index (κ1) is 17.5. The van der Waals surface area contributed by atoms with Crippen LogP contribution in [0, 0.1) is 12.3 Å². The Morgan fingerprint density at radius 1 is 1.26 bits per heavy atom. The summed E-state index contributed by atoms with van der Waals surface area (Å²) in [6.45, 7) is 0.112. The van der Waals surface area contributed by atoms with Crippen molar-refractivity contribution < 1.29 is 14.9 Å². The number of fused-ring (bicyclic) bond motifs is 1. The van der Waals surface area contributed by atoms with Gasteiger partial charge in [-0.2, -0.15) is 0 Å². The van der Waals surface area contributed by atoms with Gasteiger partial charge in [-0.15, -0.1) is 6.42 Å². The quantitative estimate of drug-likeness (QED) is 0.504. The molecular weight excluding hydrogens is 346 g/mol. The molecule has 3 heterocycles. The van der Waals surface area contributed by atoms with Crippen molar-refractivity contribution in [1.29, 1.82) is 0 Å². The molecule has 1 aliphatic heterocycles. The van der Waals surface area contributed by atoms with E-state index >= 15 is 0 Å². The fourth-order valence-corrected chi connectivity index (χ4v) is 3.25. The maximum absolute atomic E-state index is 10.3. The van der Waals surface area contributed by atoms with Crippen LogP contribution in [0.1, 0.15) is 11.8 Å². The van der Waals surface area contributed by atoms with Gasteiger partial charge in [0.25, 0.3) is 0 Å². The molecule has 1 saturated heterocycles. The zero-order chi connectivity index (χ0) is 19.0. The van der Waals surface area contributed by atoms with Crippen LogP contribution in [0.4, 0.5) is 11.5 Å². The highest BCUT2D eigenvalue weighted by Crippen LogP contribution is 2.33. The number of hydrogen-bond acceptors (Lipinski definition) is 7. The normalized spacial score (nSPS) is 24.8. The number of terminal acetylenes is 1. The number of anilines is 2. The molecule has 8 nitrogen and oxygen atoms in total. The molecule has 0 bridgehead atoms. The topological polar surface area (TPSA) is 118 Å². The number of aliphatic hydroxyl groups excluding tert-OH is 2. The Bertz CT molecular complexity index is 1010. The van der Waals surface area contributed by atoms with Gasteiger partial charge in [0.2, 0.25) is 0 Å². The number of nitrogens with zero attached hydrogens (tertiary/aromatic N) is 3. The van der Waals surface area contributed by atoms with Crippen LogP contribution in [0.5, 0.6) is 0 Å². The second-order valence-corrected chi connectivity index (χ2v) is 6.31. The monoisotopic (exact) mass is 365 g/mol. The average molecular weight is 365 g/mol. The number of ether oxygens (including phenoxy) is 1. The number of nitrogens with one attached hydrogen (secondary N) is 1. The first-order chi connectivity index (χ1) is 13.1. The largest absolute Gasteiger partial charge is 0.387 e. The fourth-order valence-electron chi connectivity index (χ4n) is 3.25. The smallest absolute Gasteiger partial charge is 0.164 e. The van der Waals surface area contributed by atoms with Crippen LogP contribution >= 0.6 is 0 Å². The van der Waals surface area contributed by atoms with Gasteiger partial charge in [0.1, 0.15) is 36.1 Å². The molecule has 3 aromatic rings. The van der Waals surface area contributed by atoms with Crippen LogP contribution in [0.2, 0.25) is 0 Å². The number of aliphatic hydroxyl groups is 2. The zero-order valence-electron chi connectivity index (χ0n) is 14.4. The molecule has 0 unspecified atom stereocenters. The van der Waals surface area contributed by atoms with E-state index in [0.29, 0.717) is 11.5 Å². The fraction of sp³-hybridized carbons (Fsp3) is 0.263. The van der Waals surface area contributed by atoms with E-state index < -0.39 is 24.5 Å². The number of hydrogen-bond donors (Lipinski definition) is 4. The number of benzene rings is 1. The Labute approximate surface area is 155 Å². The molecule has 27 heavy (non-hydrogen) atoms. The molecular formula is C19H19N5O3. The first-order valence-corrected chi connectivity index (χ1v) is 8.49. The van der Waals surface area contributed by atoms with Crippen LogP contribution in [0.15, 0.2) is 42.9 Å². The summed E-state index contributed by atoms with van der Waals surface area (Å²) in [6.07, 6.45) is 5.04. The summed E-state index contributed by atoms with van der Waals surface area (Å²) < 4.78 is 7.38. The molecule has 0 amide bonds. The average Bonchev–Trinajstić information content (AvgIpc) is 3.24. The van der Waals surface area contributed by atoms with Gasteiger partial charge < -0.3 is 30.6 Å². The Morgan fingerprint density at radius 3 is 2.85 bits per heavy atom. The molecule has 0 saturated carbocycles. The lowest BCUT2D eigenvalue weighted by Crippen LogP contribution is -2.35. The van der Waals surface area contributed by atoms with Crippen LogP contribution in [-0.2, 0) is 4.74 Å². The van der Waals surface area contributed by atoms with E-state index in [1.54, 1.807) is 10.8 Å². The third-order valence-corrected chi connectivity index (χ3v) is 4.64. The summed E-state index contributed by atoms with van der Waals surface area (Å²) in [4.78, 5) is 8.61. The lowest BCUT2D eigenvalue weighted by molar-refractivity contribution is -0.0318. The van der Waals surface area contributed by atoms with Crippen LogP contribution in [-0.4, -0.2) is 49.6 Å². The van der Waals surface area contributed by atoms with E-state index in [1.165, 1.54) is 6.33 Å². The summed E-state index contributed by atoms with van der Waals surface area (Å²) in [5.74, 6) is 3.19. The second-order valence-electron chi connectivity index (χ2n) is 6.31. The number of nitrogens with two attached hydrogens (primary N) is 1. The molecule has 1 aromatic carbocycles. The van der Waals surface area contributed by atoms with E-state index in [9.17, 15) is 10.2 Å². The maximum atomic E-state index is 10.3. The van der Waals surface area contributed by atoms with Crippen LogP contribution in [0.3, 0.4) is 0 Å². The highest BCUT2D eigenvalue weighted by Gasteiger charge is 2.43. The molecule has 0 spiro atoms. The standard InChI is InChI=1S/C19H19N5O3/c1-2-11-4-3-5-12(8-11)23-17-13-6-7-24(18(13)22-10-21-17)19-16(26)15(25)14(9-20)27-19/h1,3-8,10,14-16,19,25-26H,9,20H2,(H,21,22,23)/t14-,15-,16-,19-/m1/s1. The summed E-state index contributed by atoms with van der Waals surface area (Å²) in [7, 11) is 0. The van der Waals surface area contributed by atoms with Gasteiger partial charge in [0, 0.05) is 24.0 Å². The van der Waals surface area contributed by atoms with E-state index in [4.69, 9.17) is 16.9 Å². The molecule has 2 aromatic heterocycles. The highest BCUT2D eigenvalue weighted by molar-refractivity contribution is 5.89. The molecule has 8 heteroatoms. The molecule has 0 aliphatic carbocycles. The summed E-state index contributed by atoms with van der Waals surface area (Å²) in [6, 6.07) is 9.25. The van der Waals surface area contributed by atoms with Gasteiger partial charge in [-0.1, -0.05) is 12.0 Å². The molecule has 1 aliphatic rings. The van der Waals surface area contributed by atoms with Crippen molar-refractivity contribution in [3.63, 3.8) is 0 Å². The molecule has 0 radical (unpaired) electrons. The summed E-state index contributed by atoms with van der Waals surface area (Å²) >= 11 is 0. The van der Waals surface area contributed by atoms with Crippen molar-refractivity contribution in [2.75, 3.05) is 11.9 Å². The van der Waals surface area contributed by atoms with Crippen LogP contribution < -0.4 is 11.1 Å². The van der Waals surface area contributed by atoms with E-state index in [-0.39, 0.29) is 6.54 Å². The van der Waals surface area contributed by atoms with Gasteiger partial charge >= 0.3 is 0 Å². The third kappa shape index (κ3) is 3.03. The van der Waals surface area contributed by atoms with Gasteiger partial charge in [-0.05, 0) is 24.3 Å². The number of rotatable bonds is 4. The van der Waals surface area contributed by atoms with Crippen molar-refractivity contribution in [3.05, 3.63) is 48.4 Å². The Kier molecular flexibility index (Phi) is 4.51. The highest BCUT2D eigenvalue weighted by atomic mass is 16.6. The number of aromatic nitrogens is 3. The van der Waals surface area contributed by atoms with E-state index in [1.807, 2.05) is 30.3 Å². The van der Waals surface area contributed by atoms with Crippen molar-refractivity contribution in [2.24, 2.45) is 5.73 Å². The Balaban J connectivity index is 1.69. The van der Waals surface area contributed by atoms with Crippen molar-refractivity contribution in [1.82, 2.24) is 14.5 Å². The van der Waals surface area contributed by atoms with Crippen LogP contribution in [0.25, 0.3) is 11.0 Å². The van der Waals surface area contributed by atoms with Gasteiger partial charge in [0.15, 0.2) is 6.23 Å². The molecule has 5 N–H and O–H groups in total. The molecule has 1 fully saturated rings. The SMILES string of the molecule is C#Cc1cccc(Nc2ncnc3c2ccn3[C@@H]2O[C@H](CN)[C@@H](O)[C@H]2O)c1. The predicted molar refractivity (Wildman–Crippen MR) is 100 cm³/mol. The first-order valence-electron chi connectivity index (χ1n) is 8.49.